The van der Waals surface area contributed by atoms with E-state index in [9.17, 15) is 19.2 Å². The van der Waals surface area contributed by atoms with E-state index >= 15 is 0 Å². The van der Waals surface area contributed by atoms with Gasteiger partial charge >= 0.3 is 12.0 Å². The summed E-state index contributed by atoms with van der Waals surface area (Å²) in [6.45, 7) is -0.0159. The molecule has 140 valence electrons. The van der Waals surface area contributed by atoms with E-state index in [-0.39, 0.29) is 12.1 Å². The first-order valence-electron chi connectivity index (χ1n) is 7.91. The van der Waals surface area contributed by atoms with Gasteiger partial charge in [0.25, 0.3) is 11.8 Å². The number of ether oxygens (including phenoxy) is 1. The highest BCUT2D eigenvalue weighted by molar-refractivity contribution is 9.10. The van der Waals surface area contributed by atoms with Crippen molar-refractivity contribution in [3.05, 3.63) is 40.0 Å². The zero-order valence-electron chi connectivity index (χ0n) is 14.9. The molecule has 4 amide bonds. The highest BCUT2D eigenvalue weighted by Crippen LogP contribution is 2.28. The smallest absolute Gasteiger partial charge is 0.333 e. The molecule has 8 nitrogen and oxygen atoms in total. The highest BCUT2D eigenvalue weighted by Gasteiger charge is 2.37. The zero-order valence-corrected chi connectivity index (χ0v) is 16.4. The second-order valence-electron chi connectivity index (χ2n) is 6.02. The van der Waals surface area contributed by atoms with Crippen LogP contribution in [0.15, 0.2) is 34.4 Å². The standard InChI is InChI=1S/C18H16BrN3O5/c1-20-16(24)13(17(25)21(2)18(20)26)6-10-8-22(9-15(23)27-3)14-5-4-11(19)7-12(10)14/h4-8H,9H2,1-3H3. The largest absolute Gasteiger partial charge is 0.468 e. The lowest BCUT2D eigenvalue weighted by atomic mass is 10.1. The van der Waals surface area contributed by atoms with Crippen molar-refractivity contribution in [3.8, 4) is 0 Å². The predicted octanol–water partition coefficient (Wildman–Crippen LogP) is 2.01. The van der Waals surface area contributed by atoms with Gasteiger partial charge in [-0.25, -0.2) is 4.79 Å². The summed E-state index contributed by atoms with van der Waals surface area (Å²) in [7, 11) is 3.94. The van der Waals surface area contributed by atoms with Gasteiger partial charge in [-0.15, -0.1) is 0 Å². The number of urea groups is 1. The number of aromatic nitrogens is 1. The number of benzene rings is 1. The quantitative estimate of drug-likeness (QED) is 0.419. The number of hydrogen-bond donors (Lipinski definition) is 0. The van der Waals surface area contributed by atoms with Crippen LogP contribution in [-0.4, -0.2) is 59.4 Å². The van der Waals surface area contributed by atoms with Crippen LogP contribution >= 0.6 is 15.9 Å². The molecule has 1 aliphatic heterocycles. The Morgan fingerprint density at radius 1 is 1.15 bits per heavy atom. The third-order valence-electron chi connectivity index (χ3n) is 4.34. The number of methoxy groups -OCH3 is 1. The molecule has 2 aromatic rings. The number of esters is 1. The summed E-state index contributed by atoms with van der Waals surface area (Å²) in [5, 5.41) is 0.739. The van der Waals surface area contributed by atoms with Gasteiger partial charge in [-0.05, 0) is 24.3 Å². The fourth-order valence-electron chi connectivity index (χ4n) is 2.88. The van der Waals surface area contributed by atoms with Crippen molar-refractivity contribution >= 4 is 56.7 Å². The molecular formula is C18H16BrN3O5. The van der Waals surface area contributed by atoms with Crippen molar-refractivity contribution < 1.29 is 23.9 Å². The Morgan fingerprint density at radius 3 is 2.37 bits per heavy atom. The van der Waals surface area contributed by atoms with Crippen molar-refractivity contribution in [2.24, 2.45) is 0 Å². The van der Waals surface area contributed by atoms with Gasteiger partial charge in [0.1, 0.15) is 12.1 Å². The Hall–Kier alpha value is -2.94. The van der Waals surface area contributed by atoms with Crippen LogP contribution in [-0.2, 0) is 25.7 Å². The van der Waals surface area contributed by atoms with Crippen LogP contribution in [0.2, 0.25) is 0 Å². The van der Waals surface area contributed by atoms with Gasteiger partial charge in [-0.2, -0.15) is 0 Å². The van der Waals surface area contributed by atoms with Crippen molar-refractivity contribution in [1.82, 2.24) is 14.4 Å². The van der Waals surface area contributed by atoms with Crippen LogP contribution in [0.1, 0.15) is 5.56 Å². The molecule has 1 aromatic carbocycles. The van der Waals surface area contributed by atoms with E-state index in [0.29, 0.717) is 5.56 Å². The van der Waals surface area contributed by atoms with Crippen LogP contribution in [0.5, 0.6) is 0 Å². The molecule has 3 rings (SSSR count). The average molecular weight is 434 g/mol. The van der Waals surface area contributed by atoms with E-state index in [1.54, 1.807) is 10.8 Å². The molecule has 1 saturated heterocycles. The maximum atomic E-state index is 12.4. The van der Waals surface area contributed by atoms with Crippen LogP contribution in [0.4, 0.5) is 4.79 Å². The number of rotatable bonds is 3. The Morgan fingerprint density at radius 2 is 1.78 bits per heavy atom. The monoisotopic (exact) mass is 433 g/mol. The van der Waals surface area contributed by atoms with Gasteiger partial charge in [0.2, 0.25) is 0 Å². The lowest BCUT2D eigenvalue weighted by Crippen LogP contribution is -2.52. The van der Waals surface area contributed by atoms with Crippen molar-refractivity contribution in [1.29, 1.82) is 0 Å². The third kappa shape index (κ3) is 3.25. The summed E-state index contributed by atoms with van der Waals surface area (Å²) in [6, 6.07) is 4.78. The molecule has 1 aliphatic rings. The Kier molecular flexibility index (Phi) is 4.88. The van der Waals surface area contributed by atoms with Gasteiger partial charge in [0.05, 0.1) is 7.11 Å². The first kappa shape index (κ1) is 18.8. The van der Waals surface area contributed by atoms with E-state index in [0.717, 1.165) is 25.2 Å². The minimum atomic E-state index is -0.682. The number of carbonyl (C=O) groups excluding carboxylic acids is 4. The van der Waals surface area contributed by atoms with E-state index in [2.05, 4.69) is 15.9 Å². The van der Waals surface area contributed by atoms with Gasteiger partial charge in [0, 0.05) is 41.2 Å². The second-order valence-corrected chi connectivity index (χ2v) is 6.93. The molecule has 0 spiro atoms. The van der Waals surface area contributed by atoms with Crippen molar-refractivity contribution in [3.63, 3.8) is 0 Å². The SMILES string of the molecule is COC(=O)Cn1cc(C=C2C(=O)N(C)C(=O)N(C)C2=O)c2cc(Br)ccc21. The molecular weight excluding hydrogens is 418 g/mol. The van der Waals surface area contributed by atoms with E-state index < -0.39 is 23.8 Å². The molecule has 27 heavy (non-hydrogen) atoms. The molecule has 1 aromatic heterocycles. The molecule has 0 aliphatic carbocycles. The number of nitrogens with zero attached hydrogens (tertiary/aromatic N) is 3. The Bertz CT molecular complexity index is 997. The third-order valence-corrected chi connectivity index (χ3v) is 4.84. The van der Waals surface area contributed by atoms with Gasteiger partial charge in [-0.1, -0.05) is 15.9 Å². The normalized spacial score (nSPS) is 15.0. The molecule has 1 fully saturated rings. The van der Waals surface area contributed by atoms with Crippen LogP contribution in [0.25, 0.3) is 17.0 Å². The molecule has 2 heterocycles. The summed E-state index contributed by atoms with van der Waals surface area (Å²) >= 11 is 3.40. The van der Waals surface area contributed by atoms with Crippen molar-refractivity contribution in [2.45, 2.75) is 6.54 Å². The number of imide groups is 2. The van der Waals surface area contributed by atoms with E-state index in [1.807, 2.05) is 18.2 Å². The lowest BCUT2D eigenvalue weighted by Gasteiger charge is -2.28. The second kappa shape index (κ2) is 6.99. The Labute approximate surface area is 163 Å². The molecule has 9 heteroatoms. The van der Waals surface area contributed by atoms with Crippen LogP contribution < -0.4 is 0 Å². The van der Waals surface area contributed by atoms with E-state index in [4.69, 9.17) is 4.74 Å². The lowest BCUT2D eigenvalue weighted by molar-refractivity contribution is -0.141. The molecule has 0 atom stereocenters. The molecule has 0 N–H and O–H groups in total. The molecule has 0 radical (unpaired) electrons. The predicted molar refractivity (Wildman–Crippen MR) is 101 cm³/mol. The fraction of sp³-hybridized carbons (Fsp3) is 0.222. The number of hydrogen-bond acceptors (Lipinski definition) is 5. The zero-order chi connectivity index (χ0) is 19.9. The van der Waals surface area contributed by atoms with E-state index in [1.165, 1.54) is 27.3 Å². The fourth-order valence-corrected chi connectivity index (χ4v) is 3.24. The van der Waals surface area contributed by atoms with Crippen LogP contribution in [0, 0.1) is 0 Å². The number of fused-ring (bicyclic) bond motifs is 1. The summed E-state index contributed by atoms with van der Waals surface area (Å²) < 4.78 is 7.20. The maximum Gasteiger partial charge on any atom is 0.333 e. The molecule has 0 saturated carbocycles. The Balaban J connectivity index is 2.16. The maximum absolute atomic E-state index is 12.4. The number of barbiturate groups is 1. The summed E-state index contributed by atoms with van der Waals surface area (Å²) in [5.41, 5.74) is 1.18. The van der Waals surface area contributed by atoms with Crippen molar-refractivity contribution in [2.75, 3.05) is 21.2 Å². The summed E-state index contributed by atoms with van der Waals surface area (Å²) in [5.74, 6) is -1.78. The summed E-state index contributed by atoms with van der Waals surface area (Å²) in [4.78, 5) is 50.2. The van der Waals surface area contributed by atoms with Crippen LogP contribution in [0.3, 0.4) is 0 Å². The topological polar surface area (TPSA) is 88.9 Å². The number of likely N-dealkylation sites (N-methyl/N-ethyl adjacent to an activating group) is 2. The minimum absolute atomic E-state index is 0.0159. The van der Waals surface area contributed by atoms with Gasteiger partial charge < -0.3 is 9.30 Å². The number of carbonyl (C=O) groups is 4. The first-order valence-corrected chi connectivity index (χ1v) is 8.71. The summed E-state index contributed by atoms with van der Waals surface area (Å²) in [6.07, 6.45) is 3.10. The number of amides is 4. The molecule has 0 unspecified atom stereocenters. The van der Waals surface area contributed by atoms with Gasteiger partial charge in [0.15, 0.2) is 0 Å². The van der Waals surface area contributed by atoms with Gasteiger partial charge in [-0.3, -0.25) is 24.2 Å². The molecule has 0 bridgehead atoms. The first-order chi connectivity index (χ1) is 12.7. The highest BCUT2D eigenvalue weighted by atomic mass is 79.9. The number of halogens is 1. The average Bonchev–Trinajstić information content (AvgIpc) is 2.98. The minimum Gasteiger partial charge on any atom is -0.468 e.